The fourth-order valence-electron chi connectivity index (χ4n) is 2.53. The number of hydrogen-bond donors (Lipinski definition) is 5. The summed E-state index contributed by atoms with van der Waals surface area (Å²) in [7, 11) is -10.8. The minimum absolute atomic E-state index is 0. The number of halogens is 1. The molecular weight excluding hydrogens is 515 g/mol. The third-order valence-electron chi connectivity index (χ3n) is 3.66. The van der Waals surface area contributed by atoms with Gasteiger partial charge in [0.05, 0.1) is 6.61 Å². The predicted octanol–water partition coefficient (Wildman–Crippen LogP) is -4.61. The van der Waals surface area contributed by atoms with Crippen molar-refractivity contribution in [1.82, 2.24) is 19.5 Å². The first kappa shape index (κ1) is 25.2. The number of nitrogen functional groups attached to an aromatic ring is 1. The third kappa shape index (κ3) is 5.61. The topological polar surface area (TPSA) is 235 Å². The first-order valence-electron chi connectivity index (χ1n) is 7.27. The van der Waals surface area contributed by atoms with Crippen molar-refractivity contribution in [3.63, 3.8) is 0 Å². The smallest absolute Gasteiger partial charge is 0.756 e. The van der Waals surface area contributed by atoms with Crippen LogP contribution in [0.1, 0.15) is 6.23 Å². The van der Waals surface area contributed by atoms with Gasteiger partial charge in [-0.3, -0.25) is 13.7 Å². The second-order valence-electron chi connectivity index (χ2n) is 5.54. The maximum absolute atomic E-state index is 11.5. The van der Waals surface area contributed by atoms with Gasteiger partial charge in [0.25, 0.3) is 7.82 Å². The Morgan fingerprint density at radius 2 is 1.97 bits per heavy atom. The number of rotatable bonds is 6. The van der Waals surface area contributed by atoms with Crippen LogP contribution in [0.4, 0.5) is 5.82 Å². The van der Waals surface area contributed by atoms with E-state index in [4.69, 9.17) is 15.4 Å². The SMILES string of the molecule is Nc1ncnc2c1nc(Br)n2[C@@H]1O[C@H](COP(=O)(O)OP(=O)([O-])O)[C@@H](O)[C@H]1O.[Na+]. The predicted molar refractivity (Wildman–Crippen MR) is 90.0 cm³/mol. The summed E-state index contributed by atoms with van der Waals surface area (Å²) < 4.78 is 36.8. The Balaban J connectivity index is 0.00000300. The van der Waals surface area contributed by atoms with E-state index in [1.165, 1.54) is 4.57 Å². The number of nitrogens with two attached hydrogens (primary N) is 1. The van der Waals surface area contributed by atoms with E-state index >= 15 is 0 Å². The third-order valence-corrected chi connectivity index (χ3v) is 6.35. The molecule has 1 saturated heterocycles. The van der Waals surface area contributed by atoms with Crippen molar-refractivity contribution in [2.45, 2.75) is 24.5 Å². The standard InChI is InChI=1S/C10H14BrN5O10P2.Na/c11-10-15-4-7(12)13-2-14-8(4)16(10)9-6(18)5(17)3(25-9)1-24-28(22,23)26-27(19,20)21;/h2-3,5-6,9,17-18H,1H2,(H,22,23)(H2,12,13,14)(H2,19,20,21);/q;+1/p-1/t3-,5-,6-,9-;/m1./s1. The molecule has 2 unspecified atom stereocenters. The van der Waals surface area contributed by atoms with Gasteiger partial charge in [0.2, 0.25) is 0 Å². The monoisotopic (exact) mass is 527 g/mol. The first-order valence-corrected chi connectivity index (χ1v) is 11.1. The molecule has 0 saturated carbocycles. The Hall–Kier alpha value is -0.0300. The van der Waals surface area contributed by atoms with Gasteiger partial charge >= 0.3 is 37.4 Å². The number of phosphoric acid groups is 2. The van der Waals surface area contributed by atoms with Crippen LogP contribution >= 0.6 is 31.6 Å². The van der Waals surface area contributed by atoms with Crippen molar-refractivity contribution in [3.8, 4) is 0 Å². The normalized spacial score (nSPS) is 28.6. The van der Waals surface area contributed by atoms with E-state index in [0.29, 0.717) is 0 Å². The van der Waals surface area contributed by atoms with Crippen LogP contribution < -0.4 is 40.2 Å². The van der Waals surface area contributed by atoms with E-state index in [1.54, 1.807) is 0 Å². The van der Waals surface area contributed by atoms with Crippen LogP contribution in [0.15, 0.2) is 11.1 Å². The van der Waals surface area contributed by atoms with Gasteiger partial charge in [-0.25, -0.2) is 23.8 Å². The molecule has 2 aromatic rings. The zero-order chi connectivity index (χ0) is 20.9. The number of aromatic nitrogens is 4. The van der Waals surface area contributed by atoms with Gasteiger partial charge in [-0.05, 0) is 15.9 Å². The minimum Gasteiger partial charge on any atom is -0.756 e. The van der Waals surface area contributed by atoms with Crippen molar-refractivity contribution < 1.29 is 77.2 Å². The van der Waals surface area contributed by atoms with E-state index in [2.05, 4.69) is 39.7 Å². The molecule has 156 valence electrons. The summed E-state index contributed by atoms with van der Waals surface area (Å²) in [4.78, 5) is 40.1. The van der Waals surface area contributed by atoms with E-state index in [0.717, 1.165) is 6.33 Å². The van der Waals surface area contributed by atoms with Crippen LogP contribution in [0.25, 0.3) is 11.2 Å². The molecule has 0 radical (unpaired) electrons. The summed E-state index contributed by atoms with van der Waals surface area (Å²) >= 11 is 3.15. The van der Waals surface area contributed by atoms with Crippen LogP contribution in [0.2, 0.25) is 0 Å². The number of fused-ring (bicyclic) bond motifs is 1. The maximum Gasteiger partial charge on any atom is 1.00 e. The average molecular weight is 528 g/mol. The molecule has 6 N–H and O–H groups in total. The largest absolute Gasteiger partial charge is 1.00 e. The number of imidazole rings is 1. The minimum atomic E-state index is -5.55. The molecule has 29 heavy (non-hydrogen) atoms. The number of hydrogen-bond acceptors (Lipinski definition) is 12. The number of aliphatic hydroxyl groups excluding tert-OH is 2. The number of anilines is 1. The molecule has 0 aromatic carbocycles. The molecule has 19 heteroatoms. The quantitative estimate of drug-likeness (QED) is 0.135. The Morgan fingerprint density at radius 1 is 1.31 bits per heavy atom. The molecule has 0 amide bonds. The molecule has 3 rings (SSSR count). The van der Waals surface area contributed by atoms with E-state index in [1.807, 2.05) is 0 Å². The maximum atomic E-state index is 11.5. The van der Waals surface area contributed by atoms with Crippen molar-refractivity contribution in [1.29, 1.82) is 0 Å². The van der Waals surface area contributed by atoms with Crippen LogP contribution in [0, 0.1) is 0 Å². The first-order chi connectivity index (χ1) is 12.9. The fourth-order valence-corrected chi connectivity index (χ4v) is 4.64. The summed E-state index contributed by atoms with van der Waals surface area (Å²) in [5.41, 5.74) is 6.07. The van der Waals surface area contributed by atoms with Crippen LogP contribution in [0.3, 0.4) is 0 Å². The Bertz CT molecular complexity index is 989. The molecule has 0 spiro atoms. The van der Waals surface area contributed by atoms with Crippen LogP contribution in [-0.4, -0.2) is 64.4 Å². The van der Waals surface area contributed by atoms with E-state index in [-0.39, 0.29) is 51.3 Å². The van der Waals surface area contributed by atoms with Crippen LogP contribution in [0.5, 0.6) is 0 Å². The molecule has 1 fully saturated rings. The molecule has 2 aromatic heterocycles. The second-order valence-corrected chi connectivity index (χ2v) is 9.04. The molecule has 6 atom stereocenters. The van der Waals surface area contributed by atoms with Crippen molar-refractivity contribution in [2.75, 3.05) is 12.3 Å². The zero-order valence-corrected chi connectivity index (χ0v) is 19.8. The van der Waals surface area contributed by atoms with Gasteiger partial charge in [0, 0.05) is 0 Å². The summed E-state index contributed by atoms with van der Waals surface area (Å²) in [6.45, 7) is -0.857. The molecule has 0 aliphatic carbocycles. The zero-order valence-electron chi connectivity index (χ0n) is 14.5. The molecule has 15 nitrogen and oxygen atoms in total. The fraction of sp³-hybridized carbons (Fsp3) is 0.500. The molecule has 3 heterocycles. The van der Waals surface area contributed by atoms with Gasteiger partial charge in [-0.15, -0.1) is 0 Å². The average Bonchev–Trinajstić information content (AvgIpc) is 3.02. The van der Waals surface area contributed by atoms with Gasteiger partial charge in [0.1, 0.15) is 24.6 Å². The second kappa shape index (κ2) is 9.22. The molecule has 0 bridgehead atoms. The Labute approximate surface area is 192 Å². The Morgan fingerprint density at radius 3 is 2.59 bits per heavy atom. The summed E-state index contributed by atoms with van der Waals surface area (Å²) in [6.07, 6.45) is -4.66. The summed E-state index contributed by atoms with van der Waals surface area (Å²) in [5, 5.41) is 20.4. The van der Waals surface area contributed by atoms with Crippen molar-refractivity contribution >= 4 is 48.6 Å². The van der Waals surface area contributed by atoms with E-state index in [9.17, 15) is 29.1 Å². The molecular formula is C10H13BrN5NaO10P2. The van der Waals surface area contributed by atoms with Crippen molar-refractivity contribution in [2.24, 2.45) is 0 Å². The Kier molecular flexibility index (Phi) is 8.02. The van der Waals surface area contributed by atoms with Crippen molar-refractivity contribution in [3.05, 3.63) is 11.1 Å². The van der Waals surface area contributed by atoms with Gasteiger partial charge < -0.3 is 35.4 Å². The molecule has 1 aliphatic heterocycles. The van der Waals surface area contributed by atoms with Gasteiger partial charge in [-0.2, -0.15) is 0 Å². The number of ether oxygens (including phenoxy) is 1. The summed E-state index contributed by atoms with van der Waals surface area (Å²) in [5.74, 6) is 0.0572. The van der Waals surface area contributed by atoms with Crippen LogP contribution in [-0.2, 0) is 22.7 Å². The number of aliphatic hydroxyl groups is 2. The van der Waals surface area contributed by atoms with Gasteiger partial charge in [0.15, 0.2) is 27.9 Å². The molecule has 1 aliphatic rings. The van der Waals surface area contributed by atoms with E-state index < -0.39 is 46.8 Å². The number of nitrogens with zero attached hydrogens (tertiary/aromatic N) is 4. The number of phosphoric ester groups is 1. The summed E-state index contributed by atoms with van der Waals surface area (Å²) in [6, 6.07) is 0. The van der Waals surface area contributed by atoms with Gasteiger partial charge in [-0.1, -0.05) is 0 Å².